The van der Waals surface area contributed by atoms with Crippen LogP contribution in [0.5, 0.6) is 0 Å². The summed E-state index contributed by atoms with van der Waals surface area (Å²) in [6.45, 7) is 10.9. The lowest BCUT2D eigenvalue weighted by Gasteiger charge is -2.52. The molecule has 2 atom stereocenters. The van der Waals surface area contributed by atoms with E-state index >= 15 is 0 Å². The Labute approximate surface area is 156 Å². The molecule has 1 heterocycles. The lowest BCUT2D eigenvalue weighted by molar-refractivity contribution is 0.0679. The standard InChI is InChI=1S/C24H39N/c1-4-7-17-25-18-20-13-8-11-16-23(20)24(19-25,21(6-3)12-5-2)22-14-9-10-15-22/h8,11,13,16,21-22H,4-7,9-10,12,14-15,17-19H2,1-3H3. The summed E-state index contributed by atoms with van der Waals surface area (Å²) in [6, 6.07) is 9.50. The fraction of sp³-hybridized carbons (Fsp3) is 0.750. The summed E-state index contributed by atoms with van der Waals surface area (Å²) in [5.74, 6) is 1.74. The van der Waals surface area contributed by atoms with Crippen molar-refractivity contribution in [2.24, 2.45) is 11.8 Å². The van der Waals surface area contributed by atoms with Crippen molar-refractivity contribution in [3.8, 4) is 0 Å². The molecule has 1 aliphatic heterocycles. The van der Waals surface area contributed by atoms with Gasteiger partial charge in [-0.2, -0.15) is 0 Å². The largest absolute Gasteiger partial charge is 0.298 e. The second-order valence-electron chi connectivity index (χ2n) is 8.64. The van der Waals surface area contributed by atoms with E-state index in [4.69, 9.17) is 0 Å². The topological polar surface area (TPSA) is 3.24 Å². The Morgan fingerprint density at radius 2 is 1.84 bits per heavy atom. The van der Waals surface area contributed by atoms with Crippen LogP contribution in [-0.2, 0) is 12.0 Å². The molecule has 1 aliphatic carbocycles. The molecule has 0 bridgehead atoms. The first-order chi connectivity index (χ1) is 12.3. The fourth-order valence-electron chi connectivity index (χ4n) is 6.05. The Bertz CT molecular complexity index is 531. The number of unbranched alkanes of at least 4 members (excludes halogenated alkanes) is 1. The van der Waals surface area contributed by atoms with Gasteiger partial charge in [0.1, 0.15) is 0 Å². The molecule has 0 amide bonds. The molecule has 0 aromatic heterocycles. The summed E-state index contributed by atoms with van der Waals surface area (Å²) in [4.78, 5) is 2.81. The number of fused-ring (bicyclic) bond motifs is 1. The number of rotatable bonds is 8. The Hall–Kier alpha value is -0.820. The highest BCUT2D eigenvalue weighted by Crippen LogP contribution is 2.52. The van der Waals surface area contributed by atoms with Crippen LogP contribution in [0.3, 0.4) is 0 Å². The first-order valence-electron chi connectivity index (χ1n) is 11.1. The summed E-state index contributed by atoms with van der Waals surface area (Å²) in [5, 5.41) is 0. The van der Waals surface area contributed by atoms with Gasteiger partial charge in [-0.15, -0.1) is 0 Å². The minimum absolute atomic E-state index is 0.407. The SMILES string of the molecule is CCCCN1Cc2ccccc2C(C(CC)CCC)(C2CCCC2)C1. The third-order valence-corrected chi connectivity index (χ3v) is 7.17. The number of hydrogen-bond acceptors (Lipinski definition) is 1. The summed E-state index contributed by atoms with van der Waals surface area (Å²) < 4.78 is 0. The third kappa shape index (κ3) is 3.68. The van der Waals surface area contributed by atoms with Gasteiger partial charge in [-0.05, 0) is 55.2 Å². The highest BCUT2D eigenvalue weighted by Gasteiger charge is 2.49. The predicted octanol–water partition coefficient (Wildman–Crippen LogP) is 6.56. The minimum Gasteiger partial charge on any atom is -0.298 e. The minimum atomic E-state index is 0.407. The predicted molar refractivity (Wildman–Crippen MR) is 109 cm³/mol. The van der Waals surface area contributed by atoms with Crippen LogP contribution in [0.4, 0.5) is 0 Å². The quantitative estimate of drug-likeness (QED) is 0.518. The van der Waals surface area contributed by atoms with Crippen molar-refractivity contribution < 1.29 is 0 Å². The smallest absolute Gasteiger partial charge is 0.0237 e. The summed E-state index contributed by atoms with van der Waals surface area (Å²) in [7, 11) is 0. The van der Waals surface area contributed by atoms with Crippen LogP contribution >= 0.6 is 0 Å². The maximum atomic E-state index is 2.81. The molecule has 0 radical (unpaired) electrons. The first-order valence-corrected chi connectivity index (χ1v) is 11.1. The van der Waals surface area contributed by atoms with E-state index in [-0.39, 0.29) is 0 Å². The van der Waals surface area contributed by atoms with E-state index in [1.54, 1.807) is 11.1 Å². The Kier molecular flexibility index (Phi) is 6.61. The van der Waals surface area contributed by atoms with Crippen molar-refractivity contribution in [2.45, 2.75) is 90.5 Å². The molecule has 25 heavy (non-hydrogen) atoms. The van der Waals surface area contributed by atoms with Crippen LogP contribution in [0, 0.1) is 11.8 Å². The molecule has 1 aromatic rings. The Morgan fingerprint density at radius 3 is 2.52 bits per heavy atom. The van der Waals surface area contributed by atoms with E-state index in [9.17, 15) is 0 Å². The molecule has 0 N–H and O–H groups in total. The number of nitrogens with zero attached hydrogens (tertiary/aromatic N) is 1. The van der Waals surface area contributed by atoms with Crippen LogP contribution in [0.15, 0.2) is 24.3 Å². The van der Waals surface area contributed by atoms with Crippen molar-refractivity contribution in [2.75, 3.05) is 13.1 Å². The van der Waals surface area contributed by atoms with E-state index in [2.05, 4.69) is 49.9 Å². The summed E-state index contributed by atoms with van der Waals surface area (Å²) >= 11 is 0. The first kappa shape index (κ1) is 19.0. The molecule has 2 unspecified atom stereocenters. The molecule has 140 valence electrons. The van der Waals surface area contributed by atoms with Gasteiger partial charge in [0.2, 0.25) is 0 Å². The lowest BCUT2D eigenvalue weighted by Crippen LogP contribution is -2.54. The van der Waals surface area contributed by atoms with E-state index in [1.807, 2.05) is 0 Å². The molecule has 0 spiro atoms. The van der Waals surface area contributed by atoms with Crippen LogP contribution in [0.2, 0.25) is 0 Å². The second-order valence-corrected chi connectivity index (χ2v) is 8.64. The van der Waals surface area contributed by atoms with Gasteiger partial charge in [-0.3, -0.25) is 4.90 Å². The van der Waals surface area contributed by atoms with E-state index in [1.165, 1.54) is 77.4 Å². The third-order valence-electron chi connectivity index (χ3n) is 7.17. The van der Waals surface area contributed by atoms with Crippen molar-refractivity contribution >= 4 is 0 Å². The van der Waals surface area contributed by atoms with E-state index in [0.29, 0.717) is 5.41 Å². The van der Waals surface area contributed by atoms with Gasteiger partial charge in [-0.1, -0.05) is 77.1 Å². The van der Waals surface area contributed by atoms with Gasteiger partial charge in [0.05, 0.1) is 0 Å². The molecule has 0 saturated heterocycles. The van der Waals surface area contributed by atoms with Crippen LogP contribution in [-0.4, -0.2) is 18.0 Å². The molecule has 1 heteroatoms. The van der Waals surface area contributed by atoms with Gasteiger partial charge in [0, 0.05) is 18.5 Å². The Morgan fingerprint density at radius 1 is 1.08 bits per heavy atom. The molecular weight excluding hydrogens is 302 g/mol. The van der Waals surface area contributed by atoms with Crippen molar-refractivity contribution in [1.29, 1.82) is 0 Å². The van der Waals surface area contributed by atoms with Crippen LogP contribution in [0.25, 0.3) is 0 Å². The highest BCUT2D eigenvalue weighted by molar-refractivity contribution is 5.39. The van der Waals surface area contributed by atoms with Gasteiger partial charge in [-0.25, -0.2) is 0 Å². The molecular formula is C24H39N. The fourth-order valence-corrected chi connectivity index (χ4v) is 6.05. The van der Waals surface area contributed by atoms with Crippen LogP contribution in [0.1, 0.15) is 89.7 Å². The maximum absolute atomic E-state index is 2.81. The average Bonchev–Trinajstić information content (AvgIpc) is 3.19. The molecule has 2 aliphatic rings. The maximum Gasteiger partial charge on any atom is 0.0237 e. The zero-order valence-corrected chi connectivity index (χ0v) is 16.9. The number of benzene rings is 1. The zero-order valence-electron chi connectivity index (χ0n) is 16.9. The van der Waals surface area contributed by atoms with Gasteiger partial charge in [0.15, 0.2) is 0 Å². The van der Waals surface area contributed by atoms with Gasteiger partial charge < -0.3 is 0 Å². The summed E-state index contributed by atoms with van der Waals surface area (Å²) in [6.07, 6.45) is 12.5. The Balaban J connectivity index is 2.05. The average molecular weight is 342 g/mol. The normalized spacial score (nSPS) is 25.9. The summed E-state index contributed by atoms with van der Waals surface area (Å²) in [5.41, 5.74) is 3.77. The van der Waals surface area contributed by atoms with E-state index < -0.39 is 0 Å². The number of hydrogen-bond donors (Lipinski definition) is 0. The molecule has 1 nitrogen and oxygen atoms in total. The van der Waals surface area contributed by atoms with Crippen molar-refractivity contribution in [1.82, 2.24) is 4.90 Å². The lowest BCUT2D eigenvalue weighted by atomic mass is 9.57. The van der Waals surface area contributed by atoms with Crippen molar-refractivity contribution in [3.63, 3.8) is 0 Å². The van der Waals surface area contributed by atoms with Crippen molar-refractivity contribution in [3.05, 3.63) is 35.4 Å². The molecule has 1 saturated carbocycles. The molecule has 3 rings (SSSR count). The van der Waals surface area contributed by atoms with Gasteiger partial charge >= 0.3 is 0 Å². The monoisotopic (exact) mass is 341 g/mol. The molecule has 1 aromatic carbocycles. The molecule has 1 fully saturated rings. The van der Waals surface area contributed by atoms with E-state index in [0.717, 1.165) is 11.8 Å². The van der Waals surface area contributed by atoms with Crippen LogP contribution < -0.4 is 0 Å². The highest BCUT2D eigenvalue weighted by atomic mass is 15.1. The zero-order chi connectivity index (χ0) is 17.7. The van der Waals surface area contributed by atoms with Gasteiger partial charge in [0.25, 0.3) is 0 Å². The second kappa shape index (κ2) is 8.71.